The van der Waals surface area contributed by atoms with Gasteiger partial charge in [0.05, 0.1) is 30.7 Å². The van der Waals surface area contributed by atoms with Crippen LogP contribution in [-0.2, 0) is 11.3 Å². The predicted molar refractivity (Wildman–Crippen MR) is 101 cm³/mol. The lowest BCUT2D eigenvalue weighted by Gasteiger charge is -2.36. The number of aromatic nitrogens is 3. The number of benzene rings is 1. The number of ether oxygens (including phenoxy) is 1. The van der Waals surface area contributed by atoms with E-state index in [1.807, 2.05) is 23.9 Å². The third kappa shape index (κ3) is 3.03. The number of rotatable bonds is 4. The van der Waals surface area contributed by atoms with Gasteiger partial charge in [0.15, 0.2) is 0 Å². The van der Waals surface area contributed by atoms with Gasteiger partial charge in [-0.1, -0.05) is 5.21 Å². The first-order chi connectivity index (χ1) is 13.2. The second kappa shape index (κ2) is 6.70. The highest BCUT2D eigenvalue weighted by Gasteiger charge is 2.39. The molecule has 0 saturated carbocycles. The number of halogens is 1. The number of anilines is 2. The van der Waals surface area contributed by atoms with E-state index in [0.717, 1.165) is 24.3 Å². The number of thioether (sulfide) groups is 1. The lowest BCUT2D eigenvalue weighted by atomic mass is 10.2. The molecule has 0 spiro atoms. The molecule has 5 rings (SSSR count). The van der Waals surface area contributed by atoms with Crippen LogP contribution in [0.2, 0.25) is 0 Å². The van der Waals surface area contributed by atoms with E-state index in [2.05, 4.69) is 15.2 Å². The Balaban J connectivity index is 1.34. The third-order valence-electron chi connectivity index (χ3n) is 5.50. The fourth-order valence-electron chi connectivity index (χ4n) is 4.26. The van der Waals surface area contributed by atoms with Crippen LogP contribution in [0.5, 0.6) is 0 Å². The summed E-state index contributed by atoms with van der Waals surface area (Å²) in [6.07, 6.45) is 4.76. The molecule has 0 aliphatic carbocycles. The van der Waals surface area contributed by atoms with Crippen molar-refractivity contribution in [3.63, 3.8) is 0 Å². The number of nitrogens with zero attached hydrogens (tertiary/aromatic N) is 5. The molecule has 9 heteroatoms. The molecule has 3 aliphatic heterocycles. The maximum absolute atomic E-state index is 14.9. The van der Waals surface area contributed by atoms with Crippen molar-refractivity contribution in [1.29, 1.82) is 0 Å². The Morgan fingerprint density at radius 1 is 1.26 bits per heavy atom. The smallest absolute Gasteiger partial charge is 0.414 e. The fraction of sp³-hybridized carbons (Fsp3) is 0.500. The highest BCUT2D eigenvalue weighted by molar-refractivity contribution is 7.99. The van der Waals surface area contributed by atoms with E-state index in [9.17, 15) is 9.18 Å². The van der Waals surface area contributed by atoms with Gasteiger partial charge >= 0.3 is 6.09 Å². The average molecular weight is 389 g/mol. The van der Waals surface area contributed by atoms with Crippen molar-refractivity contribution in [2.75, 3.05) is 27.9 Å². The fourth-order valence-corrected chi connectivity index (χ4v) is 5.60. The van der Waals surface area contributed by atoms with E-state index in [-0.39, 0.29) is 11.9 Å². The average Bonchev–Trinajstić information content (AvgIpc) is 3.34. The summed E-state index contributed by atoms with van der Waals surface area (Å²) in [6, 6.07) is 5.91. The summed E-state index contributed by atoms with van der Waals surface area (Å²) in [5.41, 5.74) is 1.18. The van der Waals surface area contributed by atoms with Crippen LogP contribution in [0, 0.1) is 5.82 Å². The van der Waals surface area contributed by atoms with Crippen molar-refractivity contribution in [1.82, 2.24) is 15.0 Å². The van der Waals surface area contributed by atoms with Crippen LogP contribution < -0.4 is 9.80 Å². The Morgan fingerprint density at radius 3 is 2.78 bits per heavy atom. The van der Waals surface area contributed by atoms with Crippen LogP contribution in [0.15, 0.2) is 30.6 Å². The first-order valence-electron chi connectivity index (χ1n) is 9.17. The van der Waals surface area contributed by atoms with Crippen molar-refractivity contribution in [2.45, 2.75) is 37.6 Å². The summed E-state index contributed by atoms with van der Waals surface area (Å²) in [4.78, 5) is 16.0. The molecule has 0 N–H and O–H groups in total. The minimum absolute atomic E-state index is 0.274. The topological polar surface area (TPSA) is 63.5 Å². The Kier molecular flexibility index (Phi) is 4.18. The van der Waals surface area contributed by atoms with Crippen LogP contribution >= 0.6 is 11.8 Å². The maximum Gasteiger partial charge on any atom is 0.414 e. The Bertz CT molecular complexity index is 832. The molecular formula is C18H20FN5O2S. The minimum atomic E-state index is -0.457. The highest BCUT2D eigenvalue weighted by Crippen LogP contribution is 2.40. The normalized spacial score (nSPS) is 27.3. The van der Waals surface area contributed by atoms with Crippen molar-refractivity contribution >= 4 is 29.2 Å². The highest BCUT2D eigenvalue weighted by atomic mass is 32.2. The molecule has 0 unspecified atom stereocenters. The zero-order valence-electron chi connectivity index (χ0n) is 14.7. The molecule has 2 aromatic rings. The third-order valence-corrected chi connectivity index (χ3v) is 6.74. The van der Waals surface area contributed by atoms with Crippen LogP contribution in [0.25, 0.3) is 0 Å². The summed E-state index contributed by atoms with van der Waals surface area (Å²) in [7, 11) is 0. The number of fused-ring (bicyclic) bond motifs is 2. The monoisotopic (exact) mass is 389 g/mol. The zero-order chi connectivity index (χ0) is 18.4. The van der Waals surface area contributed by atoms with E-state index < -0.39 is 6.09 Å². The summed E-state index contributed by atoms with van der Waals surface area (Å²) >= 11 is 1.96. The predicted octanol–water partition coefficient (Wildman–Crippen LogP) is 2.53. The second-order valence-corrected chi connectivity index (χ2v) is 8.28. The van der Waals surface area contributed by atoms with Gasteiger partial charge in [-0.3, -0.25) is 4.90 Å². The molecule has 3 fully saturated rings. The SMILES string of the molecule is O=C1O[C@@H](Cn2ccnn2)CN1c1ccc(N2[C@@H]3CC[C@H]2CSC3)c(F)c1. The molecule has 1 amide bonds. The summed E-state index contributed by atoms with van der Waals surface area (Å²) in [6.45, 7) is 0.792. The summed E-state index contributed by atoms with van der Waals surface area (Å²) < 4.78 is 22.0. The van der Waals surface area contributed by atoms with Gasteiger partial charge in [0.25, 0.3) is 0 Å². The van der Waals surface area contributed by atoms with Crippen LogP contribution in [0.1, 0.15) is 12.8 Å². The number of hydrogen-bond acceptors (Lipinski definition) is 6. The number of carbonyl (C=O) groups excluding carboxylic acids is 1. The molecule has 4 heterocycles. The van der Waals surface area contributed by atoms with E-state index in [1.54, 1.807) is 17.1 Å². The first kappa shape index (κ1) is 16.9. The molecule has 1 aromatic heterocycles. The van der Waals surface area contributed by atoms with Crippen LogP contribution in [0.3, 0.4) is 0 Å². The number of cyclic esters (lactones) is 1. The number of carbonyl (C=O) groups is 1. The van der Waals surface area contributed by atoms with E-state index in [0.29, 0.717) is 36.5 Å². The molecule has 7 nitrogen and oxygen atoms in total. The largest absolute Gasteiger partial charge is 0.442 e. The van der Waals surface area contributed by atoms with Crippen molar-refractivity contribution < 1.29 is 13.9 Å². The quantitative estimate of drug-likeness (QED) is 0.801. The minimum Gasteiger partial charge on any atom is -0.442 e. The van der Waals surface area contributed by atoms with Gasteiger partial charge in [0.2, 0.25) is 0 Å². The van der Waals surface area contributed by atoms with Gasteiger partial charge in [0, 0.05) is 29.8 Å². The molecule has 142 valence electrons. The standard InChI is InChI=1S/C18H20FN5O2S/c19-16-7-12(3-4-17(16)24-13-1-2-14(24)11-27-10-13)23-9-15(26-18(23)25)8-22-6-5-20-21-22/h3-7,13-15H,1-2,8-11H2/t13-,14+,15-/m0/s1. The second-order valence-electron chi connectivity index (χ2n) is 7.21. The molecule has 3 atom stereocenters. The molecule has 3 saturated heterocycles. The van der Waals surface area contributed by atoms with Gasteiger partial charge in [0.1, 0.15) is 11.9 Å². The molecule has 27 heavy (non-hydrogen) atoms. The molecule has 3 aliphatic rings. The van der Waals surface area contributed by atoms with Crippen molar-refractivity contribution in [3.8, 4) is 0 Å². The number of hydrogen-bond donors (Lipinski definition) is 0. The van der Waals surface area contributed by atoms with E-state index in [4.69, 9.17) is 4.74 Å². The van der Waals surface area contributed by atoms with Crippen molar-refractivity contribution in [3.05, 3.63) is 36.4 Å². The summed E-state index contributed by atoms with van der Waals surface area (Å²) in [5.74, 6) is 1.84. The van der Waals surface area contributed by atoms with Gasteiger partial charge in [-0.15, -0.1) is 5.10 Å². The van der Waals surface area contributed by atoms with Gasteiger partial charge in [-0.2, -0.15) is 11.8 Å². The molecule has 2 bridgehead atoms. The van der Waals surface area contributed by atoms with Crippen LogP contribution in [-0.4, -0.2) is 57.3 Å². The molecule has 1 aromatic carbocycles. The zero-order valence-corrected chi connectivity index (χ0v) is 15.5. The Labute approximate surface area is 160 Å². The van der Waals surface area contributed by atoms with Gasteiger partial charge in [-0.25, -0.2) is 13.9 Å². The van der Waals surface area contributed by atoms with Crippen molar-refractivity contribution in [2.24, 2.45) is 0 Å². The first-order valence-corrected chi connectivity index (χ1v) is 10.3. The lowest BCUT2D eigenvalue weighted by molar-refractivity contribution is 0.129. The molecule has 0 radical (unpaired) electrons. The van der Waals surface area contributed by atoms with Crippen LogP contribution in [0.4, 0.5) is 20.6 Å². The maximum atomic E-state index is 14.9. The van der Waals surface area contributed by atoms with Gasteiger partial charge in [-0.05, 0) is 31.0 Å². The van der Waals surface area contributed by atoms with Gasteiger partial charge < -0.3 is 9.64 Å². The Morgan fingerprint density at radius 2 is 2.07 bits per heavy atom. The Hall–Kier alpha value is -2.29. The van der Waals surface area contributed by atoms with E-state index in [1.165, 1.54) is 11.0 Å². The lowest BCUT2D eigenvalue weighted by Crippen LogP contribution is -2.43. The summed E-state index contributed by atoms with van der Waals surface area (Å²) in [5, 5.41) is 7.64. The number of amides is 1. The van der Waals surface area contributed by atoms with E-state index >= 15 is 0 Å². The molecular weight excluding hydrogens is 369 g/mol.